The number of benzene rings is 1. The van der Waals surface area contributed by atoms with Gasteiger partial charge in [0.05, 0.1) is 11.1 Å². The summed E-state index contributed by atoms with van der Waals surface area (Å²) in [4.78, 5) is 50.3. The molecule has 2 heterocycles. The van der Waals surface area contributed by atoms with E-state index in [-0.39, 0.29) is 29.9 Å². The summed E-state index contributed by atoms with van der Waals surface area (Å²) in [6, 6.07) is 3.51. The molecule has 1 saturated heterocycles. The monoisotopic (exact) mass is 287 g/mol. The van der Waals surface area contributed by atoms with Gasteiger partial charge in [0.2, 0.25) is 5.91 Å². The number of nitrogens with two attached hydrogens (primary N) is 1. The van der Waals surface area contributed by atoms with Gasteiger partial charge < -0.3 is 5.73 Å². The average Bonchev–Trinajstić information content (AvgIpc) is 2.69. The first kappa shape index (κ1) is 13.3. The van der Waals surface area contributed by atoms with Gasteiger partial charge in [-0.2, -0.15) is 0 Å². The second-order valence-electron chi connectivity index (χ2n) is 5.13. The van der Waals surface area contributed by atoms with Gasteiger partial charge in [-0.05, 0) is 24.6 Å². The number of anilines is 1. The molecule has 1 atom stereocenters. The van der Waals surface area contributed by atoms with Crippen molar-refractivity contribution in [2.45, 2.75) is 18.9 Å². The molecule has 7 nitrogen and oxygen atoms in total. The first-order chi connectivity index (χ1) is 9.91. The molecule has 0 radical (unpaired) electrons. The van der Waals surface area contributed by atoms with Crippen molar-refractivity contribution in [1.82, 2.24) is 9.80 Å². The standard InChI is InChI=1S/C14H13N3O4/c1-16-11(18)5-4-10(14(16)21)17-12(19)8-3-2-7(15)6-9(8)13(17)20/h2-3,6,10H,4-5,15H2,1H3. The number of amides is 4. The second-order valence-corrected chi connectivity index (χ2v) is 5.13. The summed E-state index contributed by atoms with van der Waals surface area (Å²) in [6.45, 7) is 0. The number of rotatable bonds is 1. The van der Waals surface area contributed by atoms with E-state index in [0.29, 0.717) is 5.69 Å². The first-order valence-electron chi connectivity index (χ1n) is 6.49. The molecule has 0 spiro atoms. The molecule has 1 unspecified atom stereocenters. The van der Waals surface area contributed by atoms with E-state index < -0.39 is 23.8 Å². The van der Waals surface area contributed by atoms with E-state index in [1.54, 1.807) is 0 Å². The van der Waals surface area contributed by atoms with Crippen LogP contribution in [0.25, 0.3) is 0 Å². The SMILES string of the molecule is CN1C(=O)CCC(N2C(=O)c3ccc(N)cc3C2=O)C1=O. The van der Waals surface area contributed by atoms with Gasteiger partial charge in [-0.1, -0.05) is 0 Å². The van der Waals surface area contributed by atoms with Gasteiger partial charge in [0.25, 0.3) is 17.7 Å². The minimum atomic E-state index is -0.929. The normalized spacial score (nSPS) is 22.0. The smallest absolute Gasteiger partial charge is 0.262 e. The van der Waals surface area contributed by atoms with Crippen molar-refractivity contribution < 1.29 is 19.2 Å². The van der Waals surface area contributed by atoms with Crippen LogP contribution in [0.3, 0.4) is 0 Å². The van der Waals surface area contributed by atoms with Crippen LogP contribution in [-0.4, -0.2) is 46.5 Å². The molecule has 7 heteroatoms. The number of carbonyl (C=O) groups excluding carboxylic acids is 4. The van der Waals surface area contributed by atoms with Crippen molar-refractivity contribution in [3.05, 3.63) is 29.3 Å². The third kappa shape index (κ3) is 1.81. The van der Waals surface area contributed by atoms with E-state index in [4.69, 9.17) is 5.73 Å². The highest BCUT2D eigenvalue weighted by Gasteiger charge is 2.46. The molecular weight excluding hydrogens is 274 g/mol. The highest BCUT2D eigenvalue weighted by molar-refractivity contribution is 6.23. The molecule has 108 valence electrons. The molecule has 2 aliphatic rings. The Morgan fingerprint density at radius 3 is 2.48 bits per heavy atom. The largest absolute Gasteiger partial charge is 0.399 e. The lowest BCUT2D eigenvalue weighted by Gasteiger charge is -2.32. The number of hydrogen-bond donors (Lipinski definition) is 1. The van der Waals surface area contributed by atoms with Crippen molar-refractivity contribution >= 4 is 29.3 Å². The van der Waals surface area contributed by atoms with Gasteiger partial charge in [0, 0.05) is 19.2 Å². The van der Waals surface area contributed by atoms with Gasteiger partial charge in [0.15, 0.2) is 0 Å². The summed E-state index contributed by atoms with van der Waals surface area (Å²) >= 11 is 0. The minimum Gasteiger partial charge on any atom is -0.399 e. The molecular formula is C14H13N3O4. The maximum Gasteiger partial charge on any atom is 0.262 e. The number of fused-ring (bicyclic) bond motifs is 1. The van der Waals surface area contributed by atoms with Crippen molar-refractivity contribution in [3.8, 4) is 0 Å². The highest BCUT2D eigenvalue weighted by Crippen LogP contribution is 2.29. The Morgan fingerprint density at radius 2 is 1.76 bits per heavy atom. The first-order valence-corrected chi connectivity index (χ1v) is 6.49. The Morgan fingerprint density at radius 1 is 1.10 bits per heavy atom. The maximum absolute atomic E-state index is 12.4. The lowest BCUT2D eigenvalue weighted by Crippen LogP contribution is -2.54. The number of likely N-dealkylation sites (tertiary alicyclic amines) is 1. The molecule has 1 fully saturated rings. The van der Waals surface area contributed by atoms with Crippen LogP contribution in [0.5, 0.6) is 0 Å². The number of nitrogens with zero attached hydrogens (tertiary/aromatic N) is 2. The van der Waals surface area contributed by atoms with Gasteiger partial charge in [-0.3, -0.25) is 29.0 Å². The topological polar surface area (TPSA) is 101 Å². The molecule has 2 N–H and O–H groups in total. The van der Waals surface area contributed by atoms with Crippen LogP contribution in [0, 0.1) is 0 Å². The molecule has 1 aromatic carbocycles. The molecule has 4 amide bonds. The second kappa shape index (κ2) is 4.41. The molecule has 0 saturated carbocycles. The lowest BCUT2D eigenvalue weighted by atomic mass is 10.0. The zero-order chi connectivity index (χ0) is 15.3. The minimum absolute atomic E-state index is 0.127. The Hall–Kier alpha value is -2.70. The number of nitrogen functional groups attached to an aromatic ring is 1. The van der Waals surface area contributed by atoms with Crippen molar-refractivity contribution in [3.63, 3.8) is 0 Å². The Kier molecular flexibility index (Phi) is 2.79. The van der Waals surface area contributed by atoms with E-state index in [2.05, 4.69) is 0 Å². The van der Waals surface area contributed by atoms with Crippen LogP contribution in [0.15, 0.2) is 18.2 Å². The van der Waals surface area contributed by atoms with Crippen molar-refractivity contribution in [1.29, 1.82) is 0 Å². The van der Waals surface area contributed by atoms with Crippen molar-refractivity contribution in [2.24, 2.45) is 0 Å². The van der Waals surface area contributed by atoms with Crippen LogP contribution in [0.2, 0.25) is 0 Å². The van der Waals surface area contributed by atoms with Gasteiger partial charge >= 0.3 is 0 Å². The van der Waals surface area contributed by atoms with Crippen LogP contribution in [0.4, 0.5) is 5.69 Å². The predicted molar refractivity (Wildman–Crippen MR) is 72.2 cm³/mol. The fourth-order valence-corrected chi connectivity index (χ4v) is 2.70. The fourth-order valence-electron chi connectivity index (χ4n) is 2.70. The lowest BCUT2D eigenvalue weighted by molar-refractivity contribution is -0.149. The van der Waals surface area contributed by atoms with Crippen LogP contribution >= 0.6 is 0 Å². The van der Waals surface area contributed by atoms with E-state index >= 15 is 0 Å². The van der Waals surface area contributed by atoms with Gasteiger partial charge in [0.1, 0.15) is 6.04 Å². The van der Waals surface area contributed by atoms with E-state index in [1.807, 2.05) is 0 Å². The maximum atomic E-state index is 12.4. The Bertz CT molecular complexity index is 697. The predicted octanol–water partition coefficient (Wildman–Crippen LogP) is 0.0122. The van der Waals surface area contributed by atoms with Gasteiger partial charge in [-0.25, -0.2) is 0 Å². The fraction of sp³-hybridized carbons (Fsp3) is 0.286. The summed E-state index contributed by atoms with van der Waals surface area (Å²) in [5, 5.41) is 0. The number of hydrogen-bond acceptors (Lipinski definition) is 5. The average molecular weight is 287 g/mol. The number of piperidine rings is 1. The summed E-state index contributed by atoms with van der Waals surface area (Å²) in [6.07, 6.45) is 0.283. The van der Waals surface area contributed by atoms with E-state index in [9.17, 15) is 19.2 Å². The number of likely N-dealkylation sites (N-methyl/N-ethyl adjacent to an activating group) is 1. The van der Waals surface area contributed by atoms with E-state index in [1.165, 1.54) is 25.2 Å². The summed E-state index contributed by atoms with van der Waals surface area (Å²) in [7, 11) is 1.35. The van der Waals surface area contributed by atoms with Crippen LogP contribution in [-0.2, 0) is 9.59 Å². The number of carbonyl (C=O) groups is 4. The Labute approximate surface area is 120 Å². The molecule has 0 aromatic heterocycles. The summed E-state index contributed by atoms with van der Waals surface area (Å²) in [5.74, 6) is -1.90. The molecule has 1 aromatic rings. The van der Waals surface area contributed by atoms with Crippen LogP contribution in [0.1, 0.15) is 33.6 Å². The van der Waals surface area contributed by atoms with Crippen molar-refractivity contribution in [2.75, 3.05) is 12.8 Å². The molecule has 2 aliphatic heterocycles. The quantitative estimate of drug-likeness (QED) is 0.579. The molecule has 21 heavy (non-hydrogen) atoms. The number of imide groups is 2. The van der Waals surface area contributed by atoms with E-state index in [0.717, 1.165) is 9.80 Å². The highest BCUT2D eigenvalue weighted by atomic mass is 16.2. The van der Waals surface area contributed by atoms with Crippen LogP contribution < -0.4 is 5.73 Å². The zero-order valence-corrected chi connectivity index (χ0v) is 11.3. The zero-order valence-electron chi connectivity index (χ0n) is 11.3. The molecule has 0 aliphatic carbocycles. The van der Waals surface area contributed by atoms with Gasteiger partial charge in [-0.15, -0.1) is 0 Å². The Balaban J connectivity index is 1.98. The molecule has 3 rings (SSSR count). The summed E-state index contributed by atoms with van der Waals surface area (Å²) in [5.41, 5.74) is 6.44. The third-order valence-corrected chi connectivity index (χ3v) is 3.88. The summed E-state index contributed by atoms with van der Waals surface area (Å²) < 4.78 is 0. The third-order valence-electron chi connectivity index (χ3n) is 3.88. The molecule has 0 bridgehead atoms.